The van der Waals surface area contributed by atoms with Crippen molar-refractivity contribution < 1.29 is 9.00 Å². The molecule has 4 aromatic rings. The van der Waals surface area contributed by atoms with Crippen LogP contribution in [0.5, 0.6) is 0 Å². The van der Waals surface area contributed by atoms with Gasteiger partial charge in [0.25, 0.3) is 0 Å². The molecule has 0 bridgehead atoms. The molecule has 2 aromatic heterocycles. The molecule has 2 amide bonds. The number of H-pyrrole nitrogens is 1. The topological polar surface area (TPSA) is 72.5 Å². The van der Waals surface area contributed by atoms with Crippen LogP contribution in [-0.2, 0) is 23.9 Å². The Kier molecular flexibility index (Phi) is 6.30. The van der Waals surface area contributed by atoms with E-state index in [0.717, 1.165) is 71.7 Å². The fourth-order valence-corrected chi connectivity index (χ4v) is 6.37. The largest absolute Gasteiger partial charge is 0.339 e. The SMILES string of the molecule is CN1C(=O)N(c2ccccc2)Cc2c1cnc1[nH]c(-c3ccc(CN4CCC(S(C)=O)CC4)cc3)cc21. The van der Waals surface area contributed by atoms with E-state index < -0.39 is 10.8 Å². The molecule has 2 aliphatic heterocycles. The van der Waals surface area contributed by atoms with Gasteiger partial charge in [0, 0.05) is 58.2 Å². The van der Waals surface area contributed by atoms with Crippen LogP contribution in [0.3, 0.4) is 0 Å². The first-order chi connectivity index (χ1) is 18.0. The van der Waals surface area contributed by atoms with E-state index >= 15 is 0 Å². The van der Waals surface area contributed by atoms with Crippen molar-refractivity contribution in [1.29, 1.82) is 0 Å². The molecule has 0 aliphatic carbocycles. The third-order valence-corrected chi connectivity index (χ3v) is 9.10. The molecule has 1 N–H and O–H groups in total. The first-order valence-corrected chi connectivity index (χ1v) is 14.3. The Morgan fingerprint density at radius 3 is 2.49 bits per heavy atom. The van der Waals surface area contributed by atoms with Gasteiger partial charge in [-0.15, -0.1) is 0 Å². The minimum atomic E-state index is -0.719. The minimum absolute atomic E-state index is 0.0571. The number of nitrogens with one attached hydrogen (secondary N) is 1. The lowest BCUT2D eigenvalue weighted by Gasteiger charge is -2.35. The number of hydrogen-bond acceptors (Lipinski definition) is 4. The second-order valence-corrected chi connectivity index (χ2v) is 11.7. The standard InChI is InChI=1S/C29H31N5O2S/c1-32-27-17-30-28-24(25(27)19-34(29(32)35)22-6-4-3-5-7-22)16-26(31-28)21-10-8-20(9-11-21)18-33-14-12-23(13-15-33)37(2)36/h3-11,16-17,23H,12-15,18-19H2,1-2H3,(H,30,31). The van der Waals surface area contributed by atoms with Gasteiger partial charge in [0.1, 0.15) is 5.65 Å². The van der Waals surface area contributed by atoms with Crippen molar-refractivity contribution in [2.75, 3.05) is 36.2 Å². The summed E-state index contributed by atoms with van der Waals surface area (Å²) in [6, 6.07) is 20.6. The van der Waals surface area contributed by atoms with Gasteiger partial charge in [-0.1, -0.05) is 42.5 Å². The predicted molar refractivity (Wildman–Crippen MR) is 150 cm³/mol. The molecule has 0 saturated carbocycles. The summed E-state index contributed by atoms with van der Waals surface area (Å²) in [5.41, 5.74) is 7.05. The molecule has 8 heteroatoms. The summed E-state index contributed by atoms with van der Waals surface area (Å²) < 4.78 is 11.8. The number of carbonyl (C=O) groups is 1. The van der Waals surface area contributed by atoms with E-state index in [9.17, 15) is 9.00 Å². The van der Waals surface area contributed by atoms with Crippen LogP contribution in [0.25, 0.3) is 22.3 Å². The molecule has 1 fully saturated rings. The summed E-state index contributed by atoms with van der Waals surface area (Å²) in [6.07, 6.45) is 5.64. The molecule has 2 aliphatic rings. The monoisotopic (exact) mass is 513 g/mol. The number of carbonyl (C=O) groups excluding carboxylic acids is 1. The van der Waals surface area contributed by atoms with Crippen molar-refractivity contribution in [3.05, 3.63) is 78.0 Å². The van der Waals surface area contributed by atoms with E-state index in [0.29, 0.717) is 11.8 Å². The number of amides is 2. The zero-order chi connectivity index (χ0) is 25.5. The first kappa shape index (κ1) is 23.9. The lowest BCUT2D eigenvalue weighted by atomic mass is 10.0. The molecule has 1 unspecified atom stereocenters. The zero-order valence-corrected chi connectivity index (χ0v) is 22.0. The summed E-state index contributed by atoms with van der Waals surface area (Å²) in [6.45, 7) is 3.42. The van der Waals surface area contributed by atoms with E-state index in [1.165, 1.54) is 5.56 Å². The highest BCUT2D eigenvalue weighted by Crippen LogP contribution is 2.36. The Hall–Kier alpha value is -3.49. The van der Waals surface area contributed by atoms with Crippen molar-refractivity contribution in [2.24, 2.45) is 0 Å². The number of likely N-dealkylation sites (tertiary alicyclic amines) is 1. The smallest absolute Gasteiger partial charge is 0.329 e. The summed E-state index contributed by atoms with van der Waals surface area (Å²) in [5, 5.41) is 1.38. The summed E-state index contributed by atoms with van der Waals surface area (Å²) in [4.78, 5) is 27.1. The highest BCUT2D eigenvalue weighted by atomic mass is 32.2. The van der Waals surface area contributed by atoms with Gasteiger partial charge in [-0.05, 0) is 55.3 Å². The van der Waals surface area contributed by atoms with Crippen LogP contribution >= 0.6 is 0 Å². The Morgan fingerprint density at radius 2 is 1.78 bits per heavy atom. The van der Waals surface area contributed by atoms with Gasteiger partial charge in [0.05, 0.1) is 18.4 Å². The Morgan fingerprint density at radius 1 is 1.05 bits per heavy atom. The van der Waals surface area contributed by atoms with Gasteiger partial charge in [-0.25, -0.2) is 9.78 Å². The minimum Gasteiger partial charge on any atom is -0.339 e. The van der Waals surface area contributed by atoms with E-state index in [1.54, 1.807) is 18.1 Å². The molecule has 0 radical (unpaired) electrons. The molecule has 190 valence electrons. The van der Waals surface area contributed by atoms with Crippen LogP contribution < -0.4 is 9.80 Å². The van der Waals surface area contributed by atoms with Gasteiger partial charge >= 0.3 is 6.03 Å². The summed E-state index contributed by atoms with van der Waals surface area (Å²) >= 11 is 0. The van der Waals surface area contributed by atoms with Crippen molar-refractivity contribution in [3.8, 4) is 11.3 Å². The van der Waals surface area contributed by atoms with E-state index in [-0.39, 0.29) is 6.03 Å². The van der Waals surface area contributed by atoms with Crippen LogP contribution in [-0.4, -0.2) is 56.8 Å². The van der Waals surface area contributed by atoms with Gasteiger partial charge in [0.15, 0.2) is 0 Å². The summed E-state index contributed by atoms with van der Waals surface area (Å²) in [7, 11) is 1.09. The lowest BCUT2D eigenvalue weighted by molar-refractivity contribution is 0.223. The summed E-state index contributed by atoms with van der Waals surface area (Å²) in [5.74, 6) is 0. The number of pyridine rings is 1. The lowest BCUT2D eigenvalue weighted by Crippen LogP contribution is -2.45. The maximum atomic E-state index is 13.1. The van der Waals surface area contributed by atoms with Crippen molar-refractivity contribution in [3.63, 3.8) is 0 Å². The van der Waals surface area contributed by atoms with Crippen LogP contribution in [0, 0.1) is 0 Å². The number of benzene rings is 2. The van der Waals surface area contributed by atoms with Gasteiger partial charge < -0.3 is 4.98 Å². The molecule has 1 saturated heterocycles. The van der Waals surface area contributed by atoms with Crippen molar-refractivity contribution in [2.45, 2.75) is 31.2 Å². The first-order valence-electron chi connectivity index (χ1n) is 12.7. The van der Waals surface area contributed by atoms with Gasteiger partial charge in [-0.3, -0.25) is 18.9 Å². The molecule has 7 nitrogen and oxygen atoms in total. The number of hydrogen-bond donors (Lipinski definition) is 1. The van der Waals surface area contributed by atoms with Crippen LogP contribution in [0.15, 0.2) is 66.9 Å². The highest BCUT2D eigenvalue weighted by molar-refractivity contribution is 7.84. The maximum absolute atomic E-state index is 13.1. The van der Waals surface area contributed by atoms with Gasteiger partial charge in [-0.2, -0.15) is 0 Å². The third-order valence-electron chi connectivity index (χ3n) is 7.69. The predicted octanol–water partition coefficient (Wildman–Crippen LogP) is 5.15. The average Bonchev–Trinajstić information content (AvgIpc) is 3.37. The number of fused-ring (bicyclic) bond motifs is 3. The number of urea groups is 1. The second-order valence-electron chi connectivity index (χ2n) is 10.0. The Labute approximate surface area is 219 Å². The molecule has 0 spiro atoms. The number of para-hydroxylation sites is 1. The molecule has 1 atom stereocenters. The molecule has 2 aromatic carbocycles. The normalized spacial score (nSPS) is 17.8. The van der Waals surface area contributed by atoms with Crippen LogP contribution in [0.2, 0.25) is 0 Å². The van der Waals surface area contributed by atoms with Crippen LogP contribution in [0.4, 0.5) is 16.2 Å². The Bertz CT molecular complexity index is 1460. The molecule has 4 heterocycles. The Balaban J connectivity index is 1.24. The second kappa shape index (κ2) is 9.76. The fourth-order valence-electron chi connectivity index (χ4n) is 5.49. The van der Waals surface area contributed by atoms with Crippen molar-refractivity contribution in [1.82, 2.24) is 14.9 Å². The number of nitrogens with zero attached hydrogens (tertiary/aromatic N) is 4. The number of rotatable bonds is 5. The highest BCUT2D eigenvalue weighted by Gasteiger charge is 2.31. The van der Waals surface area contributed by atoms with E-state index in [2.05, 4.69) is 45.2 Å². The number of anilines is 2. The number of piperidine rings is 1. The molecule has 37 heavy (non-hydrogen) atoms. The maximum Gasteiger partial charge on any atom is 0.329 e. The van der Waals surface area contributed by atoms with Gasteiger partial charge in [0.2, 0.25) is 0 Å². The van der Waals surface area contributed by atoms with Crippen LogP contribution in [0.1, 0.15) is 24.0 Å². The molecular formula is C29H31N5O2S. The average molecular weight is 514 g/mol. The van der Waals surface area contributed by atoms with Crippen molar-refractivity contribution >= 4 is 39.2 Å². The quantitative estimate of drug-likeness (QED) is 0.401. The fraction of sp³-hybridized carbons (Fsp3) is 0.310. The molecular weight excluding hydrogens is 482 g/mol. The van der Waals surface area contributed by atoms with E-state index in [1.807, 2.05) is 41.5 Å². The third kappa shape index (κ3) is 4.55. The zero-order valence-electron chi connectivity index (χ0n) is 21.2. The van der Waals surface area contributed by atoms with E-state index in [4.69, 9.17) is 0 Å². The number of aromatic nitrogens is 2. The molecule has 6 rings (SSSR count). The number of aromatic amines is 1.